The van der Waals surface area contributed by atoms with Gasteiger partial charge in [-0.05, 0) is 24.1 Å². The number of nitrogens with zero attached hydrogens (tertiary/aromatic N) is 1. The van der Waals surface area contributed by atoms with Gasteiger partial charge in [0.15, 0.2) is 5.76 Å². The summed E-state index contributed by atoms with van der Waals surface area (Å²) >= 11 is 0. The molecule has 0 bridgehead atoms. The molecule has 0 saturated heterocycles. The van der Waals surface area contributed by atoms with Crippen LogP contribution in [0.2, 0.25) is 0 Å². The van der Waals surface area contributed by atoms with Crippen molar-refractivity contribution in [1.82, 2.24) is 4.90 Å². The monoisotopic (exact) mass is 385 g/mol. The lowest BCUT2D eigenvalue weighted by Gasteiger charge is -2.27. The van der Waals surface area contributed by atoms with E-state index in [4.69, 9.17) is 9.15 Å². The topological polar surface area (TPSA) is 103 Å². The number of carbonyl (C=O) groups excluding carboxylic acids is 4. The van der Waals surface area contributed by atoms with E-state index in [1.54, 1.807) is 38.1 Å². The van der Waals surface area contributed by atoms with Gasteiger partial charge in [0.1, 0.15) is 18.2 Å². The quantitative estimate of drug-likeness (QED) is 0.556. The van der Waals surface area contributed by atoms with Gasteiger partial charge < -0.3 is 13.9 Å². The molecule has 2 heterocycles. The molecular formula is C20H19NO7. The molecule has 3 rings (SSSR count). The van der Waals surface area contributed by atoms with Crippen LogP contribution in [0.1, 0.15) is 50.7 Å². The van der Waals surface area contributed by atoms with Gasteiger partial charge >= 0.3 is 11.9 Å². The fraction of sp³-hybridized carbons (Fsp3) is 0.300. The van der Waals surface area contributed by atoms with Crippen LogP contribution < -0.4 is 0 Å². The number of rotatable bonds is 6. The smallest absolute Gasteiger partial charge is 0.341 e. The number of hydrogen-bond acceptors (Lipinski definition) is 7. The summed E-state index contributed by atoms with van der Waals surface area (Å²) < 4.78 is 15.1. The number of esters is 2. The summed E-state index contributed by atoms with van der Waals surface area (Å²) in [7, 11) is 1.22. The van der Waals surface area contributed by atoms with E-state index in [0.717, 1.165) is 4.90 Å². The van der Waals surface area contributed by atoms with Gasteiger partial charge in [-0.2, -0.15) is 0 Å². The Morgan fingerprint density at radius 2 is 1.68 bits per heavy atom. The van der Waals surface area contributed by atoms with Crippen molar-refractivity contribution in [3.63, 3.8) is 0 Å². The van der Waals surface area contributed by atoms with Crippen LogP contribution in [-0.2, 0) is 20.9 Å². The molecule has 0 saturated carbocycles. The molecule has 0 unspecified atom stereocenters. The molecule has 1 aromatic heterocycles. The molecule has 2 aromatic rings. The highest BCUT2D eigenvalue weighted by Gasteiger charge is 2.44. The minimum Gasteiger partial charge on any atom is -0.465 e. The first kappa shape index (κ1) is 19.3. The van der Waals surface area contributed by atoms with Gasteiger partial charge in [0.2, 0.25) is 0 Å². The molecule has 0 radical (unpaired) electrons. The van der Waals surface area contributed by atoms with E-state index in [0.29, 0.717) is 0 Å². The molecule has 28 heavy (non-hydrogen) atoms. The number of amides is 2. The van der Waals surface area contributed by atoms with Crippen LogP contribution in [0.5, 0.6) is 0 Å². The summed E-state index contributed by atoms with van der Waals surface area (Å²) in [5.74, 6) is -2.73. The first-order chi connectivity index (χ1) is 13.4. The van der Waals surface area contributed by atoms with Gasteiger partial charge in [0.05, 0.1) is 24.5 Å². The minimum atomic E-state index is -1.11. The maximum Gasteiger partial charge on any atom is 0.341 e. The molecule has 8 nitrogen and oxygen atoms in total. The van der Waals surface area contributed by atoms with E-state index < -0.39 is 29.8 Å². The minimum absolute atomic E-state index is 0.116. The van der Waals surface area contributed by atoms with Crippen molar-refractivity contribution >= 4 is 23.8 Å². The van der Waals surface area contributed by atoms with Crippen molar-refractivity contribution in [2.75, 3.05) is 7.11 Å². The molecule has 1 aliphatic rings. The van der Waals surface area contributed by atoms with Crippen molar-refractivity contribution < 1.29 is 33.1 Å². The maximum atomic E-state index is 12.7. The molecule has 1 aliphatic heterocycles. The second kappa shape index (κ2) is 7.67. The molecule has 0 aliphatic carbocycles. The Balaban J connectivity index is 1.79. The zero-order chi connectivity index (χ0) is 20.4. The van der Waals surface area contributed by atoms with Crippen LogP contribution in [0.25, 0.3) is 0 Å². The lowest BCUT2D eigenvalue weighted by molar-refractivity contribution is -0.151. The number of fused-ring (bicyclic) bond motifs is 1. The lowest BCUT2D eigenvalue weighted by atomic mass is 10.0. The summed E-state index contributed by atoms with van der Waals surface area (Å²) in [6.07, 6.45) is 1.28. The summed E-state index contributed by atoms with van der Waals surface area (Å²) in [4.78, 5) is 50.7. The second-order valence-corrected chi connectivity index (χ2v) is 6.57. The van der Waals surface area contributed by atoms with Crippen LogP contribution in [0.4, 0.5) is 0 Å². The van der Waals surface area contributed by atoms with Gasteiger partial charge in [-0.15, -0.1) is 0 Å². The molecule has 1 atom stereocenters. The average molecular weight is 385 g/mol. The number of imide groups is 1. The zero-order valence-electron chi connectivity index (χ0n) is 15.6. The number of ether oxygens (including phenoxy) is 2. The Hall–Kier alpha value is -3.42. The second-order valence-electron chi connectivity index (χ2n) is 6.57. The average Bonchev–Trinajstić information content (AvgIpc) is 3.25. The Bertz CT molecular complexity index is 909. The van der Waals surface area contributed by atoms with E-state index >= 15 is 0 Å². The predicted octanol–water partition coefficient (Wildman–Crippen LogP) is 2.43. The Kier molecular flexibility index (Phi) is 5.30. The highest BCUT2D eigenvalue weighted by atomic mass is 16.5. The Morgan fingerprint density at radius 1 is 1.07 bits per heavy atom. The van der Waals surface area contributed by atoms with Crippen molar-refractivity contribution in [2.45, 2.75) is 26.5 Å². The highest BCUT2D eigenvalue weighted by molar-refractivity contribution is 6.22. The first-order valence-corrected chi connectivity index (χ1v) is 8.65. The van der Waals surface area contributed by atoms with Crippen molar-refractivity contribution in [2.24, 2.45) is 5.92 Å². The SMILES string of the molecule is COC(=O)c1ccoc1COC(=O)[C@H](C(C)C)N1C(=O)c2ccccc2C1=O. The number of furan rings is 1. The third kappa shape index (κ3) is 3.28. The van der Waals surface area contributed by atoms with Crippen molar-refractivity contribution in [3.8, 4) is 0 Å². The van der Waals surface area contributed by atoms with E-state index in [-0.39, 0.29) is 35.0 Å². The Morgan fingerprint density at radius 3 is 2.21 bits per heavy atom. The highest BCUT2D eigenvalue weighted by Crippen LogP contribution is 2.28. The normalized spacial score (nSPS) is 14.2. The third-order valence-corrected chi connectivity index (χ3v) is 4.47. The standard InChI is InChI=1S/C20H19NO7/c1-11(2)16(21-17(22)12-6-4-5-7-13(12)18(21)23)20(25)28-10-15-14(8-9-27-15)19(24)26-3/h4-9,11,16H,10H2,1-3H3/t16-/m0/s1. The van der Waals surface area contributed by atoms with E-state index in [1.807, 2.05) is 0 Å². The zero-order valence-corrected chi connectivity index (χ0v) is 15.6. The van der Waals surface area contributed by atoms with Gasteiger partial charge in [-0.25, -0.2) is 9.59 Å². The van der Waals surface area contributed by atoms with Gasteiger partial charge in [-0.3, -0.25) is 14.5 Å². The molecule has 146 valence electrons. The number of benzene rings is 1. The third-order valence-electron chi connectivity index (χ3n) is 4.47. The van der Waals surface area contributed by atoms with E-state index in [1.165, 1.54) is 19.4 Å². The predicted molar refractivity (Wildman–Crippen MR) is 95.4 cm³/mol. The van der Waals surface area contributed by atoms with Gasteiger partial charge in [-0.1, -0.05) is 26.0 Å². The molecule has 8 heteroatoms. The van der Waals surface area contributed by atoms with E-state index in [2.05, 4.69) is 4.74 Å². The van der Waals surface area contributed by atoms with Crippen molar-refractivity contribution in [1.29, 1.82) is 0 Å². The van der Waals surface area contributed by atoms with Gasteiger partial charge in [0.25, 0.3) is 11.8 Å². The van der Waals surface area contributed by atoms with Crippen LogP contribution in [0.3, 0.4) is 0 Å². The molecule has 0 fully saturated rings. The molecule has 0 spiro atoms. The first-order valence-electron chi connectivity index (χ1n) is 8.65. The summed E-state index contributed by atoms with van der Waals surface area (Å²) in [5.41, 5.74) is 0.645. The summed E-state index contributed by atoms with van der Waals surface area (Å²) in [6.45, 7) is 3.09. The van der Waals surface area contributed by atoms with Crippen LogP contribution >= 0.6 is 0 Å². The van der Waals surface area contributed by atoms with Gasteiger partial charge in [0, 0.05) is 0 Å². The van der Waals surface area contributed by atoms with Crippen LogP contribution in [-0.4, -0.2) is 41.8 Å². The fourth-order valence-electron chi connectivity index (χ4n) is 3.10. The largest absolute Gasteiger partial charge is 0.465 e. The molecule has 2 amide bonds. The van der Waals surface area contributed by atoms with Crippen molar-refractivity contribution in [3.05, 3.63) is 59.0 Å². The number of hydrogen-bond donors (Lipinski definition) is 0. The van der Waals surface area contributed by atoms with Crippen LogP contribution in [0, 0.1) is 5.92 Å². The summed E-state index contributed by atoms with van der Waals surface area (Å²) in [5, 5.41) is 0. The van der Waals surface area contributed by atoms with Crippen LogP contribution in [0.15, 0.2) is 41.0 Å². The maximum absolute atomic E-state index is 12.7. The number of methoxy groups -OCH3 is 1. The number of carbonyl (C=O) groups is 4. The summed E-state index contributed by atoms with van der Waals surface area (Å²) in [6, 6.07) is 6.69. The lowest BCUT2D eigenvalue weighted by Crippen LogP contribution is -2.48. The molecule has 1 aromatic carbocycles. The fourth-order valence-corrected chi connectivity index (χ4v) is 3.10. The molecule has 0 N–H and O–H groups in total. The van der Waals surface area contributed by atoms with E-state index in [9.17, 15) is 19.2 Å². The molecular weight excluding hydrogens is 366 g/mol. The Labute approximate surface area is 161 Å².